The van der Waals surface area contributed by atoms with Crippen LogP contribution in [0.2, 0.25) is 0 Å². The van der Waals surface area contributed by atoms with Gasteiger partial charge in [0.1, 0.15) is 5.76 Å². The lowest BCUT2D eigenvalue weighted by atomic mass is 9.86. The number of furan rings is 1. The van der Waals surface area contributed by atoms with Gasteiger partial charge >= 0.3 is 0 Å². The number of hydrogen-bond acceptors (Lipinski definition) is 3. The molecule has 0 saturated heterocycles. The average molecular weight is 323 g/mol. The molecule has 1 aromatic heterocycles. The van der Waals surface area contributed by atoms with Crippen LogP contribution in [0, 0.1) is 0 Å². The van der Waals surface area contributed by atoms with E-state index in [-0.39, 0.29) is 23.7 Å². The molecule has 4 nitrogen and oxygen atoms in total. The van der Waals surface area contributed by atoms with Gasteiger partial charge in [-0.1, -0.05) is 45.0 Å². The third kappa shape index (κ3) is 4.36. The lowest BCUT2D eigenvalue weighted by Gasteiger charge is -2.18. The van der Waals surface area contributed by atoms with Crippen LogP contribution in [0.1, 0.15) is 36.9 Å². The molecule has 0 bridgehead atoms. The maximum atomic E-state index is 11.8. The molecule has 2 rings (SSSR count). The average Bonchev–Trinajstić information content (AvgIpc) is 2.94. The third-order valence-corrected chi connectivity index (χ3v) is 3.30. The zero-order valence-corrected chi connectivity index (χ0v) is 14.0. The van der Waals surface area contributed by atoms with Crippen LogP contribution in [0.4, 0.5) is 0 Å². The van der Waals surface area contributed by atoms with Gasteiger partial charge in [0.25, 0.3) is 5.91 Å². The summed E-state index contributed by atoms with van der Waals surface area (Å²) in [6, 6.07) is 11.7. The molecule has 0 fully saturated rings. The van der Waals surface area contributed by atoms with E-state index in [0.717, 1.165) is 5.56 Å². The smallest absolute Gasteiger partial charge is 0.287 e. The van der Waals surface area contributed by atoms with Gasteiger partial charge in [-0.25, -0.2) is 0 Å². The van der Waals surface area contributed by atoms with Crippen LogP contribution in [0.5, 0.6) is 0 Å². The minimum Gasteiger partial charge on any atom is -0.451 e. The molecular weight excluding hydrogens is 300 g/mol. The Balaban J connectivity index is 0.00000242. The van der Waals surface area contributed by atoms with E-state index in [2.05, 4.69) is 38.2 Å². The fourth-order valence-corrected chi connectivity index (χ4v) is 2.02. The number of hydrogen-bond donors (Lipinski definition) is 2. The van der Waals surface area contributed by atoms with E-state index < -0.39 is 0 Å². The van der Waals surface area contributed by atoms with Crippen molar-refractivity contribution in [2.45, 2.75) is 26.2 Å². The summed E-state index contributed by atoms with van der Waals surface area (Å²) >= 11 is 0. The zero-order valence-electron chi connectivity index (χ0n) is 13.2. The van der Waals surface area contributed by atoms with Gasteiger partial charge in [0.2, 0.25) is 0 Å². The van der Waals surface area contributed by atoms with E-state index >= 15 is 0 Å². The topological polar surface area (TPSA) is 68.3 Å². The normalized spacial score (nSPS) is 10.9. The van der Waals surface area contributed by atoms with Crippen molar-refractivity contribution >= 4 is 18.3 Å². The fraction of sp³-hybridized carbons (Fsp3) is 0.353. The molecule has 0 atom stereocenters. The summed E-state index contributed by atoms with van der Waals surface area (Å²) in [6.07, 6.45) is 0. The first kappa shape index (κ1) is 18.3. The number of carbonyl (C=O) groups is 1. The standard InChI is InChI=1S/C17H22N2O2.ClH/c1-17(2,3)13-6-4-12(5-7-13)14-8-9-15(21-14)16(20)19-11-10-18;/h4-9H,10-11,18H2,1-3H3,(H,19,20);1H. The van der Waals surface area contributed by atoms with Crippen LogP contribution < -0.4 is 11.1 Å². The van der Waals surface area contributed by atoms with E-state index in [1.54, 1.807) is 6.07 Å². The highest BCUT2D eigenvalue weighted by Gasteiger charge is 2.15. The van der Waals surface area contributed by atoms with Gasteiger partial charge in [0, 0.05) is 18.7 Å². The summed E-state index contributed by atoms with van der Waals surface area (Å²) in [4.78, 5) is 11.8. The van der Waals surface area contributed by atoms with Gasteiger partial charge in [-0.3, -0.25) is 4.79 Å². The van der Waals surface area contributed by atoms with Crippen LogP contribution in [0.3, 0.4) is 0 Å². The van der Waals surface area contributed by atoms with Crippen LogP contribution in [-0.2, 0) is 5.41 Å². The van der Waals surface area contributed by atoms with Gasteiger partial charge < -0.3 is 15.5 Å². The minimum absolute atomic E-state index is 0. The van der Waals surface area contributed by atoms with Crippen molar-refractivity contribution in [2.24, 2.45) is 5.73 Å². The first-order chi connectivity index (χ1) is 9.91. The molecule has 1 aromatic carbocycles. The van der Waals surface area contributed by atoms with Gasteiger partial charge in [-0.05, 0) is 23.1 Å². The van der Waals surface area contributed by atoms with Crippen molar-refractivity contribution in [1.29, 1.82) is 0 Å². The second-order valence-electron chi connectivity index (χ2n) is 6.04. The van der Waals surface area contributed by atoms with Gasteiger partial charge in [-0.15, -0.1) is 12.4 Å². The molecule has 0 unspecified atom stereocenters. The predicted molar refractivity (Wildman–Crippen MR) is 91.5 cm³/mol. The Bertz CT molecular complexity index is 612. The number of benzene rings is 1. The van der Waals surface area contributed by atoms with Crippen molar-refractivity contribution in [3.05, 3.63) is 47.7 Å². The number of nitrogens with one attached hydrogen (secondary N) is 1. The van der Waals surface area contributed by atoms with E-state index in [0.29, 0.717) is 24.6 Å². The second kappa shape index (κ2) is 7.47. The number of amides is 1. The predicted octanol–water partition coefficient (Wildman–Crippen LogP) is 3.35. The number of nitrogens with two attached hydrogens (primary N) is 1. The molecule has 2 aromatic rings. The lowest BCUT2D eigenvalue weighted by molar-refractivity contribution is 0.0928. The number of halogens is 1. The SMILES string of the molecule is CC(C)(C)c1ccc(-c2ccc(C(=O)NCCN)o2)cc1.Cl. The van der Waals surface area contributed by atoms with Crippen molar-refractivity contribution in [1.82, 2.24) is 5.32 Å². The molecule has 3 N–H and O–H groups in total. The largest absolute Gasteiger partial charge is 0.451 e. The molecule has 0 aliphatic carbocycles. The number of rotatable bonds is 4. The van der Waals surface area contributed by atoms with E-state index in [4.69, 9.17) is 10.2 Å². The van der Waals surface area contributed by atoms with Crippen molar-refractivity contribution in [2.75, 3.05) is 13.1 Å². The van der Waals surface area contributed by atoms with E-state index in [1.807, 2.05) is 18.2 Å². The number of carbonyl (C=O) groups excluding carboxylic acids is 1. The van der Waals surface area contributed by atoms with Gasteiger partial charge in [0.05, 0.1) is 0 Å². The second-order valence-corrected chi connectivity index (χ2v) is 6.04. The van der Waals surface area contributed by atoms with Gasteiger partial charge in [-0.2, -0.15) is 0 Å². The Morgan fingerprint density at radius 3 is 2.32 bits per heavy atom. The Hall–Kier alpha value is -1.78. The van der Waals surface area contributed by atoms with Crippen LogP contribution in [0.15, 0.2) is 40.8 Å². The molecule has 0 aliphatic rings. The highest BCUT2D eigenvalue weighted by atomic mass is 35.5. The summed E-state index contributed by atoms with van der Waals surface area (Å²) in [5.74, 6) is 0.754. The third-order valence-electron chi connectivity index (χ3n) is 3.30. The van der Waals surface area contributed by atoms with E-state index in [9.17, 15) is 4.79 Å². The first-order valence-corrected chi connectivity index (χ1v) is 7.11. The summed E-state index contributed by atoms with van der Waals surface area (Å²) < 4.78 is 5.60. The highest BCUT2D eigenvalue weighted by molar-refractivity contribution is 5.92. The zero-order chi connectivity index (χ0) is 15.5. The maximum absolute atomic E-state index is 11.8. The molecule has 1 amide bonds. The molecule has 0 saturated carbocycles. The Labute approximate surface area is 137 Å². The van der Waals surface area contributed by atoms with Crippen LogP contribution >= 0.6 is 12.4 Å². The first-order valence-electron chi connectivity index (χ1n) is 7.11. The summed E-state index contributed by atoms with van der Waals surface area (Å²) in [5, 5.41) is 2.68. The molecule has 0 aliphatic heterocycles. The van der Waals surface area contributed by atoms with Crippen molar-refractivity contribution < 1.29 is 9.21 Å². The Kier molecular flexibility index (Phi) is 6.21. The summed E-state index contributed by atoms with van der Waals surface area (Å²) in [6.45, 7) is 7.38. The molecular formula is C17H23ClN2O2. The van der Waals surface area contributed by atoms with Crippen LogP contribution in [0.25, 0.3) is 11.3 Å². The maximum Gasteiger partial charge on any atom is 0.287 e. The van der Waals surface area contributed by atoms with Gasteiger partial charge in [0.15, 0.2) is 5.76 Å². The van der Waals surface area contributed by atoms with E-state index in [1.165, 1.54) is 5.56 Å². The minimum atomic E-state index is -0.238. The fourth-order valence-electron chi connectivity index (χ4n) is 2.02. The quantitative estimate of drug-likeness (QED) is 0.907. The molecule has 5 heteroatoms. The van der Waals surface area contributed by atoms with Crippen molar-refractivity contribution in [3.63, 3.8) is 0 Å². The molecule has 22 heavy (non-hydrogen) atoms. The highest BCUT2D eigenvalue weighted by Crippen LogP contribution is 2.27. The Morgan fingerprint density at radius 2 is 1.77 bits per heavy atom. The summed E-state index contributed by atoms with van der Waals surface area (Å²) in [7, 11) is 0. The molecule has 1 heterocycles. The lowest BCUT2D eigenvalue weighted by Crippen LogP contribution is -2.28. The monoisotopic (exact) mass is 322 g/mol. The molecule has 120 valence electrons. The van der Waals surface area contributed by atoms with Crippen molar-refractivity contribution in [3.8, 4) is 11.3 Å². The molecule has 0 radical (unpaired) electrons. The Morgan fingerprint density at radius 1 is 1.14 bits per heavy atom. The van der Waals surface area contributed by atoms with Crippen LogP contribution in [-0.4, -0.2) is 19.0 Å². The molecule has 0 spiro atoms. The summed E-state index contributed by atoms with van der Waals surface area (Å²) in [5.41, 5.74) is 7.70.